The minimum absolute atomic E-state index is 0.140. The van der Waals surface area contributed by atoms with Gasteiger partial charge in [0.05, 0.1) is 16.4 Å². The molecule has 216 valence electrons. The van der Waals surface area contributed by atoms with Gasteiger partial charge in [-0.15, -0.1) is 11.3 Å². The molecule has 43 heavy (non-hydrogen) atoms. The van der Waals surface area contributed by atoms with Crippen LogP contribution in [0.1, 0.15) is 21.5 Å². The van der Waals surface area contributed by atoms with E-state index >= 15 is 0 Å². The van der Waals surface area contributed by atoms with E-state index in [0.29, 0.717) is 20.8 Å². The maximum absolute atomic E-state index is 12.6. The number of carbonyl (C=O) groups excluding carboxylic acids is 2. The minimum atomic E-state index is -0.343. The molecule has 4 aromatic carbocycles. The molecule has 0 saturated carbocycles. The molecule has 0 aliphatic rings. The van der Waals surface area contributed by atoms with Gasteiger partial charge in [0.25, 0.3) is 11.8 Å². The van der Waals surface area contributed by atoms with Crippen LogP contribution >= 0.6 is 38.9 Å². The Kier molecular flexibility index (Phi) is 9.83. The number of amides is 2. The zero-order valence-electron chi connectivity index (χ0n) is 22.8. The van der Waals surface area contributed by atoms with Gasteiger partial charge in [-0.3, -0.25) is 9.59 Å². The highest BCUT2D eigenvalue weighted by Gasteiger charge is 2.10. The fraction of sp³-hybridized carbons (Fsp3) is 0.0625. The van der Waals surface area contributed by atoms with E-state index in [1.807, 2.05) is 73.0 Å². The maximum Gasteiger partial charge on any atom is 0.271 e. The number of carbonyl (C=O) groups is 2. The van der Waals surface area contributed by atoms with Crippen molar-refractivity contribution < 1.29 is 14.3 Å². The molecular weight excluding hydrogens is 650 g/mol. The number of benzene rings is 4. The van der Waals surface area contributed by atoms with Crippen molar-refractivity contribution in [3.8, 4) is 17.0 Å². The molecule has 11 heteroatoms. The lowest BCUT2D eigenvalue weighted by Gasteiger charge is -2.10. The minimum Gasteiger partial charge on any atom is -0.483 e. The van der Waals surface area contributed by atoms with Gasteiger partial charge in [-0.05, 0) is 94.6 Å². The summed E-state index contributed by atoms with van der Waals surface area (Å²) in [6, 6.07) is 27.4. The molecule has 0 unspecified atom stereocenters. The third-order valence-corrected chi connectivity index (χ3v) is 7.79. The number of hydrazone groups is 1. The van der Waals surface area contributed by atoms with Gasteiger partial charge in [0.2, 0.25) is 0 Å². The van der Waals surface area contributed by atoms with Crippen molar-refractivity contribution in [1.82, 2.24) is 10.4 Å². The predicted molar refractivity (Wildman–Crippen MR) is 177 cm³/mol. The number of thiazole rings is 1. The Labute approximate surface area is 265 Å². The van der Waals surface area contributed by atoms with E-state index in [1.54, 1.807) is 30.3 Å². The first-order valence-corrected chi connectivity index (χ1v) is 15.1. The first-order valence-electron chi connectivity index (χ1n) is 13.0. The fourth-order valence-electron chi connectivity index (χ4n) is 3.90. The second kappa shape index (κ2) is 14.1. The summed E-state index contributed by atoms with van der Waals surface area (Å²) in [7, 11) is 0. The van der Waals surface area contributed by atoms with Crippen LogP contribution in [0.4, 0.5) is 16.5 Å². The highest BCUT2D eigenvalue weighted by atomic mass is 79.9. The van der Waals surface area contributed by atoms with Crippen LogP contribution in [0.15, 0.2) is 106 Å². The molecule has 1 aromatic heterocycles. The molecule has 0 spiro atoms. The van der Waals surface area contributed by atoms with Gasteiger partial charge in [-0.25, -0.2) is 10.4 Å². The van der Waals surface area contributed by atoms with E-state index < -0.39 is 0 Å². The van der Waals surface area contributed by atoms with E-state index in [2.05, 4.69) is 42.1 Å². The van der Waals surface area contributed by atoms with Crippen LogP contribution in [0.25, 0.3) is 11.3 Å². The molecular formula is C32H25BrClN5O3S. The van der Waals surface area contributed by atoms with Crippen LogP contribution < -0.4 is 20.8 Å². The lowest BCUT2D eigenvalue weighted by molar-refractivity contribution is -0.118. The monoisotopic (exact) mass is 673 g/mol. The number of hydrogen-bond acceptors (Lipinski definition) is 7. The summed E-state index contributed by atoms with van der Waals surface area (Å²) in [5.74, 6) is -0.0934. The molecule has 2 amide bonds. The smallest absolute Gasteiger partial charge is 0.271 e. The zero-order chi connectivity index (χ0) is 30.2. The number of anilines is 3. The van der Waals surface area contributed by atoms with E-state index in [9.17, 15) is 9.59 Å². The van der Waals surface area contributed by atoms with Crippen molar-refractivity contribution in [2.45, 2.75) is 6.92 Å². The van der Waals surface area contributed by atoms with Gasteiger partial charge in [0, 0.05) is 32.9 Å². The van der Waals surface area contributed by atoms with Crippen LogP contribution in [0.3, 0.4) is 0 Å². The molecule has 3 N–H and O–H groups in total. The SMILES string of the molecule is Cc1ccccc1NC(=O)COc1ccc(/C=N\NC(=O)c2ccc(-c3csc(Nc4ccc(Cl)cc4)n3)cc2)cc1Br. The Bertz CT molecular complexity index is 1780. The predicted octanol–water partition coefficient (Wildman–Crippen LogP) is 8.06. The number of ether oxygens (including phenoxy) is 1. The van der Waals surface area contributed by atoms with Gasteiger partial charge in [-0.2, -0.15) is 5.10 Å². The number of rotatable bonds is 10. The van der Waals surface area contributed by atoms with Crippen LogP contribution in [0.2, 0.25) is 5.02 Å². The summed E-state index contributed by atoms with van der Waals surface area (Å²) < 4.78 is 6.30. The Morgan fingerprint density at radius 1 is 1.02 bits per heavy atom. The summed E-state index contributed by atoms with van der Waals surface area (Å²) in [4.78, 5) is 29.5. The normalized spacial score (nSPS) is 10.9. The average Bonchev–Trinajstić information content (AvgIpc) is 3.47. The number of halogens is 2. The molecule has 8 nitrogen and oxygen atoms in total. The van der Waals surface area contributed by atoms with E-state index in [-0.39, 0.29) is 18.4 Å². The Hall–Kier alpha value is -4.51. The van der Waals surface area contributed by atoms with Gasteiger partial charge < -0.3 is 15.4 Å². The number of aromatic nitrogens is 1. The lowest BCUT2D eigenvalue weighted by atomic mass is 10.1. The van der Waals surface area contributed by atoms with Crippen molar-refractivity contribution in [3.63, 3.8) is 0 Å². The van der Waals surface area contributed by atoms with Gasteiger partial charge in [-0.1, -0.05) is 41.9 Å². The fourth-order valence-corrected chi connectivity index (χ4v) is 5.28. The van der Waals surface area contributed by atoms with Crippen molar-refractivity contribution in [3.05, 3.63) is 123 Å². The number of para-hydroxylation sites is 1. The summed E-state index contributed by atoms with van der Waals surface area (Å²) in [5.41, 5.74) is 8.04. The van der Waals surface area contributed by atoms with Crippen LogP contribution in [0.5, 0.6) is 5.75 Å². The maximum atomic E-state index is 12.6. The van der Waals surface area contributed by atoms with Gasteiger partial charge >= 0.3 is 0 Å². The Morgan fingerprint density at radius 3 is 2.53 bits per heavy atom. The van der Waals surface area contributed by atoms with E-state index in [1.165, 1.54) is 17.6 Å². The summed E-state index contributed by atoms with van der Waals surface area (Å²) in [6.45, 7) is 1.78. The largest absolute Gasteiger partial charge is 0.483 e. The van der Waals surface area contributed by atoms with Crippen LogP contribution in [0, 0.1) is 6.92 Å². The van der Waals surface area contributed by atoms with Crippen molar-refractivity contribution in [2.75, 3.05) is 17.2 Å². The molecule has 0 radical (unpaired) electrons. The first kappa shape index (κ1) is 30.0. The van der Waals surface area contributed by atoms with Crippen LogP contribution in [-0.2, 0) is 4.79 Å². The van der Waals surface area contributed by atoms with Crippen LogP contribution in [-0.4, -0.2) is 29.6 Å². The van der Waals surface area contributed by atoms with E-state index in [0.717, 1.165) is 38.9 Å². The molecule has 0 aliphatic heterocycles. The summed E-state index contributed by atoms with van der Waals surface area (Å²) in [5, 5.41) is 13.5. The second-order valence-corrected chi connectivity index (χ2v) is 11.4. The van der Waals surface area contributed by atoms with Gasteiger partial charge in [0.15, 0.2) is 11.7 Å². The van der Waals surface area contributed by atoms with E-state index in [4.69, 9.17) is 16.3 Å². The topological polar surface area (TPSA) is 105 Å². The average molecular weight is 675 g/mol. The number of hydrogen-bond donors (Lipinski definition) is 3. The number of nitrogens with one attached hydrogen (secondary N) is 3. The van der Waals surface area contributed by atoms with Crippen molar-refractivity contribution in [2.24, 2.45) is 5.10 Å². The summed E-state index contributed by atoms with van der Waals surface area (Å²) >= 11 is 10.9. The standard InChI is InChI=1S/C32H25BrClN5O3S/c1-20-4-2-3-5-27(20)37-30(40)18-42-29-15-6-21(16-26(29)33)17-35-39-31(41)23-9-7-22(8-10-23)28-19-43-32(38-28)36-25-13-11-24(34)12-14-25/h2-17,19H,18H2,1H3,(H,36,38)(H,37,40)(H,39,41)/b35-17-. The lowest BCUT2D eigenvalue weighted by Crippen LogP contribution is -2.20. The Balaban J connectivity index is 1.11. The van der Waals surface area contributed by atoms with Gasteiger partial charge in [0.1, 0.15) is 5.75 Å². The third-order valence-electron chi connectivity index (χ3n) is 6.16. The number of aryl methyl sites for hydroxylation is 1. The highest BCUT2D eigenvalue weighted by Crippen LogP contribution is 2.28. The summed E-state index contributed by atoms with van der Waals surface area (Å²) in [6.07, 6.45) is 1.52. The number of nitrogens with zero attached hydrogens (tertiary/aromatic N) is 2. The molecule has 0 atom stereocenters. The molecule has 1 heterocycles. The second-order valence-electron chi connectivity index (χ2n) is 9.29. The molecule has 0 saturated heterocycles. The molecule has 5 rings (SSSR count). The Morgan fingerprint density at radius 2 is 1.79 bits per heavy atom. The molecule has 5 aromatic rings. The van der Waals surface area contributed by atoms with Crippen molar-refractivity contribution >= 4 is 73.4 Å². The first-order chi connectivity index (χ1) is 20.8. The zero-order valence-corrected chi connectivity index (χ0v) is 26.0. The molecule has 0 aliphatic carbocycles. The molecule has 0 fully saturated rings. The highest BCUT2D eigenvalue weighted by molar-refractivity contribution is 9.10. The molecule has 0 bridgehead atoms. The van der Waals surface area contributed by atoms with Crippen molar-refractivity contribution in [1.29, 1.82) is 0 Å². The third kappa shape index (κ3) is 8.29. The quantitative estimate of drug-likeness (QED) is 0.103.